The van der Waals surface area contributed by atoms with Gasteiger partial charge in [-0.2, -0.15) is 0 Å². The fourth-order valence-corrected chi connectivity index (χ4v) is 4.31. The van der Waals surface area contributed by atoms with Crippen molar-refractivity contribution in [1.29, 1.82) is 0 Å². The number of aromatic amines is 1. The topological polar surface area (TPSA) is 92.8 Å². The van der Waals surface area contributed by atoms with E-state index in [0.29, 0.717) is 22.5 Å². The van der Waals surface area contributed by atoms with E-state index in [9.17, 15) is 4.79 Å². The molecule has 1 unspecified atom stereocenters. The maximum absolute atomic E-state index is 12.1. The van der Waals surface area contributed by atoms with Crippen molar-refractivity contribution in [2.24, 2.45) is 0 Å². The van der Waals surface area contributed by atoms with E-state index < -0.39 is 0 Å². The summed E-state index contributed by atoms with van der Waals surface area (Å²) in [6.45, 7) is 1.61. The molecule has 25 heavy (non-hydrogen) atoms. The summed E-state index contributed by atoms with van der Waals surface area (Å²) in [6.07, 6.45) is 2.49. The zero-order chi connectivity index (χ0) is 17.1. The summed E-state index contributed by atoms with van der Waals surface area (Å²) in [6, 6.07) is 7.33. The monoisotopic (exact) mass is 375 g/mol. The van der Waals surface area contributed by atoms with Crippen LogP contribution in [0.1, 0.15) is 18.7 Å². The molecule has 1 aliphatic rings. The lowest BCUT2D eigenvalue weighted by atomic mass is 10.2. The molecule has 130 valence electrons. The Morgan fingerprint density at radius 3 is 3.16 bits per heavy atom. The standard InChI is InChI=1S/C16H17N5O2S2/c22-14-11-5-1-2-6-12(11)18-13(19-14)9-24-16-21-20-15(25-16)17-8-10-4-3-7-23-10/h1-2,5-6,10H,3-4,7-9H2,(H,17,20)(H,18,19,22). The number of thioether (sulfide) groups is 1. The third-order valence-electron chi connectivity index (χ3n) is 3.91. The Balaban J connectivity index is 1.37. The van der Waals surface area contributed by atoms with Gasteiger partial charge in [0.1, 0.15) is 5.82 Å². The number of ether oxygens (including phenoxy) is 1. The van der Waals surface area contributed by atoms with Gasteiger partial charge in [0.05, 0.1) is 22.8 Å². The van der Waals surface area contributed by atoms with Crippen LogP contribution >= 0.6 is 23.1 Å². The Bertz CT molecular complexity index is 920. The SMILES string of the molecule is O=c1[nH]c(CSc2nnc(NCC3CCCO3)s2)nc2ccccc12. The maximum Gasteiger partial charge on any atom is 0.258 e. The Kier molecular flexibility index (Phi) is 4.95. The molecule has 2 aromatic heterocycles. The van der Waals surface area contributed by atoms with Crippen molar-refractivity contribution in [3.63, 3.8) is 0 Å². The molecule has 2 N–H and O–H groups in total. The normalized spacial score (nSPS) is 17.2. The minimum absolute atomic E-state index is 0.114. The van der Waals surface area contributed by atoms with E-state index in [0.717, 1.165) is 35.5 Å². The molecule has 1 atom stereocenters. The number of aromatic nitrogens is 4. The first-order valence-electron chi connectivity index (χ1n) is 8.07. The average Bonchev–Trinajstić information content (AvgIpc) is 3.30. The number of nitrogens with zero attached hydrogens (tertiary/aromatic N) is 3. The number of para-hydroxylation sites is 1. The fraction of sp³-hybridized carbons (Fsp3) is 0.375. The largest absolute Gasteiger partial charge is 0.376 e. The highest BCUT2D eigenvalue weighted by Crippen LogP contribution is 2.27. The highest BCUT2D eigenvalue weighted by molar-refractivity contribution is 8.00. The van der Waals surface area contributed by atoms with Crippen molar-refractivity contribution in [2.75, 3.05) is 18.5 Å². The van der Waals surface area contributed by atoms with Gasteiger partial charge in [-0.05, 0) is 25.0 Å². The van der Waals surface area contributed by atoms with Crippen LogP contribution in [0.4, 0.5) is 5.13 Å². The van der Waals surface area contributed by atoms with Gasteiger partial charge in [-0.3, -0.25) is 4.79 Å². The molecule has 1 aliphatic heterocycles. The second-order valence-corrected chi connectivity index (χ2v) is 7.91. The van der Waals surface area contributed by atoms with E-state index in [4.69, 9.17) is 4.74 Å². The first-order valence-corrected chi connectivity index (χ1v) is 9.88. The van der Waals surface area contributed by atoms with Crippen LogP contribution in [0, 0.1) is 0 Å². The summed E-state index contributed by atoms with van der Waals surface area (Å²) in [4.78, 5) is 19.4. The van der Waals surface area contributed by atoms with E-state index >= 15 is 0 Å². The maximum atomic E-state index is 12.1. The number of anilines is 1. The molecule has 7 nitrogen and oxygen atoms in total. The molecule has 9 heteroatoms. The van der Waals surface area contributed by atoms with Gasteiger partial charge in [0, 0.05) is 13.2 Å². The third-order valence-corrected chi connectivity index (χ3v) is 5.93. The van der Waals surface area contributed by atoms with Gasteiger partial charge in [-0.1, -0.05) is 35.2 Å². The van der Waals surface area contributed by atoms with Crippen LogP contribution in [0.25, 0.3) is 10.9 Å². The molecule has 0 amide bonds. The van der Waals surface area contributed by atoms with Crippen molar-refractivity contribution >= 4 is 39.1 Å². The van der Waals surface area contributed by atoms with Crippen molar-refractivity contribution in [3.05, 3.63) is 40.4 Å². The molecular weight excluding hydrogens is 358 g/mol. The summed E-state index contributed by atoms with van der Waals surface area (Å²) in [5, 5.41) is 13.0. The predicted octanol–water partition coefficient (Wildman–Crippen LogP) is 2.66. The lowest BCUT2D eigenvalue weighted by Crippen LogP contribution is -2.18. The number of fused-ring (bicyclic) bond motifs is 1. The zero-order valence-electron chi connectivity index (χ0n) is 13.4. The van der Waals surface area contributed by atoms with Crippen LogP contribution in [-0.4, -0.2) is 39.4 Å². The molecule has 3 aromatic rings. The van der Waals surface area contributed by atoms with Crippen LogP contribution in [0.2, 0.25) is 0 Å². The number of H-pyrrole nitrogens is 1. The molecule has 0 spiro atoms. The minimum atomic E-state index is -0.114. The highest BCUT2D eigenvalue weighted by Gasteiger charge is 2.16. The molecule has 0 radical (unpaired) electrons. The Labute approximate surface area is 152 Å². The van der Waals surface area contributed by atoms with Crippen LogP contribution in [-0.2, 0) is 10.5 Å². The van der Waals surface area contributed by atoms with E-state index in [1.165, 1.54) is 23.1 Å². The third kappa shape index (κ3) is 4.00. The number of hydrogen-bond donors (Lipinski definition) is 2. The lowest BCUT2D eigenvalue weighted by Gasteiger charge is -2.08. The smallest absolute Gasteiger partial charge is 0.258 e. The summed E-state index contributed by atoms with van der Waals surface area (Å²) in [7, 11) is 0. The first-order chi connectivity index (χ1) is 12.3. The van der Waals surface area contributed by atoms with Gasteiger partial charge in [-0.15, -0.1) is 10.2 Å². The summed E-state index contributed by atoms with van der Waals surface area (Å²) < 4.78 is 6.42. The Hall–Kier alpha value is -1.97. The molecule has 1 aromatic carbocycles. The van der Waals surface area contributed by atoms with Crippen molar-refractivity contribution in [3.8, 4) is 0 Å². The van der Waals surface area contributed by atoms with E-state index in [1.54, 1.807) is 6.07 Å². The molecule has 1 saturated heterocycles. The van der Waals surface area contributed by atoms with Crippen molar-refractivity contribution in [2.45, 2.75) is 29.0 Å². The van der Waals surface area contributed by atoms with Gasteiger partial charge < -0.3 is 15.0 Å². The second kappa shape index (κ2) is 7.51. The van der Waals surface area contributed by atoms with Crippen molar-refractivity contribution in [1.82, 2.24) is 20.2 Å². The molecular formula is C16H17N5O2S2. The van der Waals surface area contributed by atoms with Gasteiger partial charge in [0.2, 0.25) is 5.13 Å². The number of benzene rings is 1. The lowest BCUT2D eigenvalue weighted by molar-refractivity contribution is 0.120. The van der Waals surface area contributed by atoms with Crippen LogP contribution in [0.15, 0.2) is 33.4 Å². The molecule has 1 fully saturated rings. The quantitative estimate of drug-likeness (QED) is 0.640. The van der Waals surface area contributed by atoms with Gasteiger partial charge in [-0.25, -0.2) is 4.98 Å². The van der Waals surface area contributed by atoms with E-state index in [2.05, 4.69) is 25.5 Å². The Morgan fingerprint density at radius 1 is 1.36 bits per heavy atom. The van der Waals surface area contributed by atoms with Crippen LogP contribution < -0.4 is 10.9 Å². The molecule has 4 rings (SSSR count). The van der Waals surface area contributed by atoms with Crippen molar-refractivity contribution < 1.29 is 4.74 Å². The zero-order valence-corrected chi connectivity index (χ0v) is 15.0. The minimum Gasteiger partial charge on any atom is -0.376 e. The van der Waals surface area contributed by atoms with Gasteiger partial charge >= 0.3 is 0 Å². The highest BCUT2D eigenvalue weighted by atomic mass is 32.2. The average molecular weight is 375 g/mol. The predicted molar refractivity (Wildman–Crippen MR) is 99.3 cm³/mol. The Morgan fingerprint density at radius 2 is 2.28 bits per heavy atom. The van der Waals surface area contributed by atoms with E-state index in [1.807, 2.05) is 18.2 Å². The van der Waals surface area contributed by atoms with Gasteiger partial charge in [0.15, 0.2) is 4.34 Å². The number of nitrogens with one attached hydrogen (secondary N) is 2. The fourth-order valence-electron chi connectivity index (χ4n) is 2.68. The number of rotatable bonds is 6. The second-order valence-electron chi connectivity index (χ2n) is 5.71. The molecule has 0 bridgehead atoms. The van der Waals surface area contributed by atoms with Crippen LogP contribution in [0.3, 0.4) is 0 Å². The van der Waals surface area contributed by atoms with E-state index in [-0.39, 0.29) is 11.7 Å². The summed E-state index contributed by atoms with van der Waals surface area (Å²) in [5.74, 6) is 1.18. The van der Waals surface area contributed by atoms with Crippen LogP contribution in [0.5, 0.6) is 0 Å². The van der Waals surface area contributed by atoms with Gasteiger partial charge in [0.25, 0.3) is 5.56 Å². The number of hydrogen-bond acceptors (Lipinski definition) is 8. The summed E-state index contributed by atoms with van der Waals surface area (Å²) in [5.41, 5.74) is 0.593. The summed E-state index contributed by atoms with van der Waals surface area (Å²) >= 11 is 3.01. The first kappa shape index (κ1) is 16.5. The molecule has 3 heterocycles. The molecule has 0 aliphatic carbocycles. The molecule has 0 saturated carbocycles.